The Hall–Kier alpha value is -2.94. The van der Waals surface area contributed by atoms with Crippen LogP contribution in [0.1, 0.15) is 38.7 Å². The maximum atomic E-state index is 13.7. The average molecular weight is 490 g/mol. The first-order valence-corrected chi connectivity index (χ1v) is 12.3. The summed E-state index contributed by atoms with van der Waals surface area (Å²) < 4.78 is 15.7. The summed E-state index contributed by atoms with van der Waals surface area (Å²) in [5, 5.41) is 13.3. The van der Waals surface area contributed by atoms with Gasteiger partial charge in [0.1, 0.15) is 12.5 Å². The first-order chi connectivity index (χ1) is 16.2. The third-order valence-corrected chi connectivity index (χ3v) is 7.03. The molecule has 34 heavy (non-hydrogen) atoms. The van der Waals surface area contributed by atoms with Crippen molar-refractivity contribution in [2.45, 2.75) is 33.1 Å². The predicted molar refractivity (Wildman–Crippen MR) is 129 cm³/mol. The highest BCUT2D eigenvalue weighted by molar-refractivity contribution is 7.99. The fourth-order valence-corrected chi connectivity index (χ4v) is 5.06. The lowest BCUT2D eigenvalue weighted by Crippen LogP contribution is -2.43. The predicted octanol–water partition coefficient (Wildman–Crippen LogP) is 3.31. The highest BCUT2D eigenvalue weighted by Gasteiger charge is 2.47. The van der Waals surface area contributed by atoms with Crippen LogP contribution in [0.2, 0.25) is 0 Å². The molecule has 0 saturated carbocycles. The van der Waals surface area contributed by atoms with Crippen LogP contribution in [0.25, 0.3) is 0 Å². The number of dihydropyridines is 1. The Balaban J connectivity index is 2.12. The summed E-state index contributed by atoms with van der Waals surface area (Å²) in [6.07, 6.45) is 0.444. The summed E-state index contributed by atoms with van der Waals surface area (Å²) >= 11 is 1.66. The number of methoxy groups -OCH3 is 2. The van der Waals surface area contributed by atoms with Crippen molar-refractivity contribution in [1.29, 1.82) is 0 Å². The second-order valence-electron chi connectivity index (χ2n) is 8.30. The molecule has 3 rings (SSSR count). The first kappa shape index (κ1) is 25.7. The molecule has 1 heterocycles. The molecule has 0 saturated heterocycles. The fourth-order valence-electron chi connectivity index (χ4n) is 4.57. The normalized spacial score (nSPS) is 22.1. The molecule has 0 unspecified atom stereocenters. The number of esters is 2. The SMILES string of the molecule is CCSCCOC(=O)C1=C(C)NC2=C(C(=O)[C@@H](C(=O)OC)[C@@H](C)C2)[C@@H]1c1ccc(O)c(OC)c1. The molecule has 1 aliphatic carbocycles. The van der Waals surface area contributed by atoms with Crippen molar-refractivity contribution in [1.82, 2.24) is 5.32 Å². The second kappa shape index (κ2) is 11.0. The van der Waals surface area contributed by atoms with E-state index in [0.29, 0.717) is 40.3 Å². The Morgan fingerprint density at radius 1 is 1.26 bits per heavy atom. The van der Waals surface area contributed by atoms with Crippen molar-refractivity contribution in [3.63, 3.8) is 0 Å². The molecule has 0 bridgehead atoms. The number of phenolic OH excluding ortho intramolecular Hbond substituents is 1. The third kappa shape index (κ3) is 4.94. The standard InChI is InChI=1S/C25H31NO7S/c1-6-34-10-9-33-25(30)20-14(3)26-16-11-13(2)19(24(29)32-5)23(28)22(16)21(20)15-7-8-17(27)18(12-15)31-4/h7-8,12-13,19,21,26-27H,6,9-11H2,1-5H3/t13-,19-,21+/m0/s1. The van der Waals surface area contributed by atoms with Crippen molar-refractivity contribution < 1.29 is 33.7 Å². The number of carbonyl (C=O) groups is 3. The van der Waals surface area contributed by atoms with E-state index in [1.807, 2.05) is 13.8 Å². The number of phenols is 1. The zero-order chi connectivity index (χ0) is 25.0. The minimum absolute atomic E-state index is 0.0631. The smallest absolute Gasteiger partial charge is 0.336 e. The number of thioether (sulfide) groups is 1. The minimum atomic E-state index is -0.969. The molecule has 8 nitrogen and oxygen atoms in total. The number of hydrogen-bond acceptors (Lipinski definition) is 9. The van der Waals surface area contributed by atoms with Crippen LogP contribution in [0, 0.1) is 11.8 Å². The fraction of sp³-hybridized carbons (Fsp3) is 0.480. The van der Waals surface area contributed by atoms with Gasteiger partial charge >= 0.3 is 11.9 Å². The van der Waals surface area contributed by atoms with Crippen molar-refractivity contribution in [3.8, 4) is 11.5 Å². The van der Waals surface area contributed by atoms with E-state index in [9.17, 15) is 19.5 Å². The molecule has 0 aromatic heterocycles. The summed E-state index contributed by atoms with van der Waals surface area (Å²) in [6, 6.07) is 4.70. The van der Waals surface area contributed by atoms with E-state index in [0.717, 1.165) is 5.75 Å². The maximum Gasteiger partial charge on any atom is 0.336 e. The first-order valence-electron chi connectivity index (χ1n) is 11.2. The number of rotatable bonds is 8. The molecule has 0 amide bonds. The highest BCUT2D eigenvalue weighted by Crippen LogP contribution is 2.46. The molecule has 1 aromatic rings. The molecular weight excluding hydrogens is 458 g/mol. The number of aromatic hydroxyl groups is 1. The van der Waals surface area contributed by atoms with Crippen molar-refractivity contribution >= 4 is 29.5 Å². The van der Waals surface area contributed by atoms with Gasteiger partial charge in [-0.25, -0.2) is 4.79 Å². The monoisotopic (exact) mass is 489 g/mol. The molecule has 2 N–H and O–H groups in total. The van der Waals surface area contributed by atoms with E-state index in [1.165, 1.54) is 20.3 Å². The van der Waals surface area contributed by atoms with E-state index in [2.05, 4.69) is 5.32 Å². The number of carbonyl (C=O) groups excluding carboxylic acids is 3. The van der Waals surface area contributed by atoms with Gasteiger partial charge < -0.3 is 24.6 Å². The summed E-state index contributed by atoms with van der Waals surface area (Å²) in [4.78, 5) is 39.4. The van der Waals surface area contributed by atoms with Crippen LogP contribution in [0.4, 0.5) is 0 Å². The number of nitrogens with one attached hydrogen (secondary N) is 1. The average Bonchev–Trinajstić information content (AvgIpc) is 2.81. The number of hydrogen-bond donors (Lipinski definition) is 2. The van der Waals surface area contributed by atoms with Crippen LogP contribution in [0.5, 0.6) is 11.5 Å². The number of benzene rings is 1. The minimum Gasteiger partial charge on any atom is -0.504 e. The molecular formula is C25H31NO7S. The van der Waals surface area contributed by atoms with Crippen molar-refractivity contribution in [2.24, 2.45) is 11.8 Å². The molecule has 3 atom stereocenters. The third-order valence-electron chi connectivity index (χ3n) is 6.17. The molecule has 0 fully saturated rings. The van der Waals surface area contributed by atoms with Gasteiger partial charge in [0.2, 0.25) is 0 Å². The van der Waals surface area contributed by atoms with Gasteiger partial charge in [-0.2, -0.15) is 11.8 Å². The van der Waals surface area contributed by atoms with Crippen molar-refractivity contribution in [3.05, 3.63) is 46.3 Å². The van der Waals surface area contributed by atoms with Gasteiger partial charge in [-0.1, -0.05) is 19.9 Å². The topological polar surface area (TPSA) is 111 Å². The van der Waals surface area contributed by atoms with Crippen LogP contribution < -0.4 is 10.1 Å². The van der Waals surface area contributed by atoms with Crippen LogP contribution in [-0.4, -0.2) is 55.2 Å². The molecule has 2 aliphatic rings. The molecule has 1 aromatic carbocycles. The Kier molecular flexibility index (Phi) is 8.30. The summed E-state index contributed by atoms with van der Waals surface area (Å²) in [5.41, 5.74) is 2.45. The second-order valence-corrected chi connectivity index (χ2v) is 9.69. The summed E-state index contributed by atoms with van der Waals surface area (Å²) in [6.45, 7) is 5.87. The number of allylic oxidation sites excluding steroid dienone is 3. The van der Waals surface area contributed by atoms with E-state index in [-0.39, 0.29) is 29.8 Å². The lowest BCUT2D eigenvalue weighted by atomic mass is 9.69. The quantitative estimate of drug-likeness (QED) is 0.323. The Labute approximate surface area is 203 Å². The maximum absolute atomic E-state index is 13.7. The van der Waals surface area contributed by atoms with E-state index >= 15 is 0 Å². The van der Waals surface area contributed by atoms with E-state index in [4.69, 9.17) is 14.2 Å². The number of Topliss-reactive ketones (excluding diaryl/α,β-unsaturated/α-hetero) is 1. The Morgan fingerprint density at radius 3 is 2.65 bits per heavy atom. The zero-order valence-electron chi connectivity index (χ0n) is 20.1. The van der Waals surface area contributed by atoms with Gasteiger partial charge in [-0.3, -0.25) is 9.59 Å². The van der Waals surface area contributed by atoms with Crippen LogP contribution in [-0.2, 0) is 23.9 Å². The van der Waals surface area contributed by atoms with E-state index < -0.39 is 23.8 Å². The van der Waals surface area contributed by atoms with Gasteiger partial charge in [0.05, 0.1) is 19.8 Å². The lowest BCUT2D eigenvalue weighted by molar-refractivity contribution is -0.151. The molecule has 9 heteroatoms. The van der Waals surface area contributed by atoms with Gasteiger partial charge in [-0.05, 0) is 42.7 Å². The van der Waals surface area contributed by atoms with Crippen LogP contribution in [0.15, 0.2) is 40.7 Å². The molecule has 0 spiro atoms. The van der Waals surface area contributed by atoms with Gasteiger partial charge in [0.25, 0.3) is 0 Å². The highest BCUT2D eigenvalue weighted by atomic mass is 32.2. The van der Waals surface area contributed by atoms with Gasteiger partial charge in [0, 0.05) is 28.6 Å². The largest absolute Gasteiger partial charge is 0.504 e. The summed E-state index contributed by atoms with van der Waals surface area (Å²) in [7, 11) is 2.68. The molecule has 184 valence electrons. The van der Waals surface area contributed by atoms with Crippen LogP contribution in [0.3, 0.4) is 0 Å². The Bertz CT molecular complexity index is 1050. The molecule has 1 aliphatic heterocycles. The molecule has 0 radical (unpaired) electrons. The van der Waals surface area contributed by atoms with Gasteiger partial charge in [0.15, 0.2) is 17.3 Å². The summed E-state index contributed by atoms with van der Waals surface area (Å²) in [5.74, 6) is -1.82. The van der Waals surface area contributed by atoms with Gasteiger partial charge in [-0.15, -0.1) is 0 Å². The van der Waals surface area contributed by atoms with E-state index in [1.54, 1.807) is 30.8 Å². The number of ether oxygens (including phenoxy) is 3. The Morgan fingerprint density at radius 2 is 2.00 bits per heavy atom. The van der Waals surface area contributed by atoms with Crippen molar-refractivity contribution in [2.75, 3.05) is 32.3 Å². The van der Waals surface area contributed by atoms with Crippen LogP contribution >= 0.6 is 11.8 Å². The zero-order valence-corrected chi connectivity index (χ0v) is 20.9. The lowest BCUT2D eigenvalue weighted by Gasteiger charge is -2.38. The number of ketones is 1.